The van der Waals surface area contributed by atoms with Crippen molar-refractivity contribution in [3.8, 4) is 5.75 Å². The second-order valence-electron chi connectivity index (χ2n) is 9.47. The number of amides is 1. The van der Waals surface area contributed by atoms with Gasteiger partial charge in [0, 0.05) is 18.3 Å². The van der Waals surface area contributed by atoms with E-state index in [4.69, 9.17) is 0 Å². The molecule has 2 fully saturated rings. The third kappa shape index (κ3) is 7.14. The number of aliphatic hydroxyl groups is 1. The number of carboxylic acid groups (broad SMARTS) is 1. The van der Waals surface area contributed by atoms with Crippen molar-refractivity contribution in [2.24, 2.45) is 0 Å². The number of benzene rings is 2. The largest absolute Gasteiger partial charge is 0.573 e. The summed E-state index contributed by atoms with van der Waals surface area (Å²) in [6.45, 7) is 0.494. The van der Waals surface area contributed by atoms with Crippen molar-refractivity contribution in [3.63, 3.8) is 0 Å². The minimum atomic E-state index is -4.78. The molecule has 1 aliphatic carbocycles. The van der Waals surface area contributed by atoms with Crippen LogP contribution in [0.15, 0.2) is 48.5 Å². The summed E-state index contributed by atoms with van der Waals surface area (Å²) in [4.78, 5) is 25.9. The molecule has 1 saturated carbocycles. The van der Waals surface area contributed by atoms with Gasteiger partial charge in [-0.2, -0.15) is 0 Å². The first-order chi connectivity index (χ1) is 17.6. The fourth-order valence-corrected chi connectivity index (χ4v) is 5.14. The van der Waals surface area contributed by atoms with Crippen LogP contribution >= 0.6 is 0 Å². The third-order valence-electron chi connectivity index (χ3n) is 6.97. The maximum atomic E-state index is 13.0. The number of hydrogen-bond donors (Lipinski definition) is 4. The van der Waals surface area contributed by atoms with Gasteiger partial charge in [0.1, 0.15) is 5.75 Å². The molecule has 37 heavy (non-hydrogen) atoms. The van der Waals surface area contributed by atoms with E-state index >= 15 is 0 Å². The van der Waals surface area contributed by atoms with E-state index in [2.05, 4.69) is 15.4 Å². The quantitative estimate of drug-likeness (QED) is 0.384. The van der Waals surface area contributed by atoms with Crippen LogP contribution in [0, 0.1) is 0 Å². The van der Waals surface area contributed by atoms with Crippen LogP contribution in [0.1, 0.15) is 60.4 Å². The fraction of sp³-hybridized carbons (Fsp3) is 0.462. The topological polar surface area (TPSA) is 111 Å². The van der Waals surface area contributed by atoms with Crippen LogP contribution in [0.4, 0.5) is 18.9 Å². The molecule has 2 aromatic rings. The molecule has 1 aliphatic heterocycles. The number of aliphatic hydroxyl groups excluding tert-OH is 1. The minimum Gasteiger partial charge on any atom is -0.478 e. The molecule has 0 radical (unpaired) electrons. The summed E-state index contributed by atoms with van der Waals surface area (Å²) in [5.41, 5.74) is 1.66. The SMILES string of the molecule is O=C(O)c1cccc(C2CCC(NC(=O)[C@H]3CCCN3C(O)Nc3ccc(OC(F)(F)F)cc3)CC2)c1. The van der Waals surface area contributed by atoms with E-state index in [1.165, 1.54) is 12.1 Å². The molecule has 1 heterocycles. The Labute approximate surface area is 212 Å². The highest BCUT2D eigenvalue weighted by molar-refractivity contribution is 5.87. The summed E-state index contributed by atoms with van der Waals surface area (Å²) < 4.78 is 40.9. The summed E-state index contributed by atoms with van der Waals surface area (Å²) >= 11 is 0. The predicted molar refractivity (Wildman–Crippen MR) is 129 cm³/mol. The van der Waals surface area contributed by atoms with Crippen LogP contribution in [0.3, 0.4) is 0 Å². The van der Waals surface area contributed by atoms with E-state index in [1.54, 1.807) is 23.1 Å². The molecule has 2 atom stereocenters. The smallest absolute Gasteiger partial charge is 0.478 e. The van der Waals surface area contributed by atoms with E-state index < -0.39 is 24.7 Å². The Morgan fingerprint density at radius 1 is 1.03 bits per heavy atom. The van der Waals surface area contributed by atoms with Gasteiger partial charge in [-0.3, -0.25) is 4.79 Å². The number of rotatable bonds is 8. The molecule has 8 nitrogen and oxygen atoms in total. The zero-order valence-electron chi connectivity index (χ0n) is 20.1. The van der Waals surface area contributed by atoms with Gasteiger partial charge in [0.05, 0.1) is 11.6 Å². The highest BCUT2D eigenvalue weighted by atomic mass is 19.4. The van der Waals surface area contributed by atoms with Crippen molar-refractivity contribution in [1.29, 1.82) is 0 Å². The van der Waals surface area contributed by atoms with Crippen LogP contribution in [-0.2, 0) is 4.79 Å². The maximum absolute atomic E-state index is 13.0. The molecule has 200 valence electrons. The lowest BCUT2D eigenvalue weighted by Crippen LogP contribution is -2.52. The number of alkyl halides is 3. The van der Waals surface area contributed by atoms with Gasteiger partial charge in [0.25, 0.3) is 0 Å². The van der Waals surface area contributed by atoms with Gasteiger partial charge in [-0.05, 0) is 86.4 Å². The highest BCUT2D eigenvalue weighted by Crippen LogP contribution is 2.34. The van der Waals surface area contributed by atoms with Crippen LogP contribution in [0.2, 0.25) is 0 Å². The lowest BCUT2D eigenvalue weighted by molar-refractivity contribution is -0.274. The molecule has 2 aliphatic rings. The minimum absolute atomic E-state index is 0.000125. The standard InChI is InChI=1S/C26H30F3N3O5/c27-26(28,29)37-21-12-10-20(11-13-21)31-25(36)32-14-2-5-22(32)23(33)30-19-8-6-16(7-9-19)17-3-1-4-18(15-17)24(34)35/h1,3-4,10-13,15-16,19,22,25,31,36H,2,5-9,14H2,(H,30,33)(H,34,35)/t16?,19?,22-,25?/m1/s1. The zero-order chi connectivity index (χ0) is 26.6. The van der Waals surface area contributed by atoms with Crippen molar-refractivity contribution in [2.45, 2.75) is 69.2 Å². The van der Waals surface area contributed by atoms with Crippen LogP contribution in [-0.4, -0.2) is 58.3 Å². The number of nitrogens with zero attached hydrogens (tertiary/aromatic N) is 1. The number of ether oxygens (including phenoxy) is 1. The molecule has 1 amide bonds. The predicted octanol–water partition coefficient (Wildman–Crippen LogP) is 4.28. The molecule has 0 aromatic heterocycles. The van der Waals surface area contributed by atoms with Crippen LogP contribution in [0.25, 0.3) is 0 Å². The molecule has 1 unspecified atom stereocenters. The van der Waals surface area contributed by atoms with Gasteiger partial charge < -0.3 is 25.6 Å². The van der Waals surface area contributed by atoms with Gasteiger partial charge in [0.15, 0.2) is 6.35 Å². The van der Waals surface area contributed by atoms with Crippen molar-refractivity contribution in [3.05, 3.63) is 59.7 Å². The number of aromatic carboxylic acids is 1. The number of anilines is 1. The van der Waals surface area contributed by atoms with E-state index in [9.17, 15) is 33.0 Å². The molecular weight excluding hydrogens is 491 g/mol. The number of halogens is 3. The van der Waals surface area contributed by atoms with Gasteiger partial charge in [-0.15, -0.1) is 13.2 Å². The molecule has 2 aromatic carbocycles. The first-order valence-corrected chi connectivity index (χ1v) is 12.3. The summed E-state index contributed by atoms with van der Waals surface area (Å²) in [5, 5.41) is 25.8. The van der Waals surface area contributed by atoms with E-state index in [0.29, 0.717) is 18.7 Å². The van der Waals surface area contributed by atoms with Gasteiger partial charge in [0.2, 0.25) is 5.91 Å². The van der Waals surface area contributed by atoms with E-state index in [-0.39, 0.29) is 29.2 Å². The molecule has 4 N–H and O–H groups in total. The number of carboxylic acids is 1. The van der Waals surface area contributed by atoms with Crippen molar-refractivity contribution >= 4 is 17.6 Å². The highest BCUT2D eigenvalue weighted by Gasteiger charge is 2.36. The first kappa shape index (κ1) is 26.7. The zero-order valence-corrected chi connectivity index (χ0v) is 20.1. The van der Waals surface area contributed by atoms with Crippen LogP contribution in [0.5, 0.6) is 5.75 Å². The number of likely N-dealkylation sites (tertiary alicyclic amines) is 1. The summed E-state index contributed by atoms with van der Waals surface area (Å²) in [6, 6.07) is 11.5. The molecule has 1 saturated heterocycles. The Morgan fingerprint density at radius 3 is 2.38 bits per heavy atom. The first-order valence-electron chi connectivity index (χ1n) is 12.3. The Bertz CT molecular complexity index is 1090. The van der Waals surface area contributed by atoms with Gasteiger partial charge in [-0.1, -0.05) is 12.1 Å². The Morgan fingerprint density at radius 2 is 1.73 bits per heavy atom. The summed E-state index contributed by atoms with van der Waals surface area (Å²) in [5.74, 6) is -1.23. The molecular formula is C26H30F3N3O5. The van der Waals surface area contributed by atoms with Gasteiger partial charge in [-0.25, -0.2) is 9.69 Å². The molecule has 0 spiro atoms. The molecule has 0 bridgehead atoms. The maximum Gasteiger partial charge on any atom is 0.573 e. The number of carbonyl (C=O) groups is 2. The third-order valence-corrected chi connectivity index (χ3v) is 6.97. The lowest BCUT2D eigenvalue weighted by atomic mass is 9.81. The van der Waals surface area contributed by atoms with Crippen molar-refractivity contribution in [1.82, 2.24) is 10.2 Å². The molecule has 4 rings (SSSR count). The lowest BCUT2D eigenvalue weighted by Gasteiger charge is -2.33. The summed E-state index contributed by atoms with van der Waals surface area (Å²) in [7, 11) is 0. The second kappa shape index (κ2) is 11.4. The second-order valence-corrected chi connectivity index (χ2v) is 9.47. The van der Waals surface area contributed by atoms with Gasteiger partial charge >= 0.3 is 12.3 Å². The van der Waals surface area contributed by atoms with Crippen molar-refractivity contribution in [2.75, 3.05) is 11.9 Å². The van der Waals surface area contributed by atoms with E-state index in [0.717, 1.165) is 49.8 Å². The number of hydrogen-bond acceptors (Lipinski definition) is 6. The monoisotopic (exact) mass is 521 g/mol. The Balaban J connectivity index is 1.28. The molecule has 11 heteroatoms. The van der Waals surface area contributed by atoms with Crippen molar-refractivity contribution < 1.29 is 37.7 Å². The normalized spacial score (nSPS) is 23.3. The Hall–Kier alpha value is -3.31. The summed E-state index contributed by atoms with van der Waals surface area (Å²) in [6.07, 6.45) is -1.45. The number of nitrogens with one attached hydrogen (secondary N) is 2. The van der Waals surface area contributed by atoms with E-state index in [1.807, 2.05) is 6.07 Å². The fourth-order valence-electron chi connectivity index (χ4n) is 5.14. The Kier molecular flexibility index (Phi) is 8.23. The van der Waals surface area contributed by atoms with Crippen LogP contribution < -0.4 is 15.4 Å². The average molecular weight is 522 g/mol. The number of carbonyl (C=O) groups excluding carboxylic acids is 1. The average Bonchev–Trinajstić information content (AvgIpc) is 3.35.